The van der Waals surface area contributed by atoms with E-state index in [9.17, 15) is 4.79 Å². The quantitative estimate of drug-likeness (QED) is 0.790. The summed E-state index contributed by atoms with van der Waals surface area (Å²) in [6.07, 6.45) is 1.72. The van der Waals surface area contributed by atoms with Crippen LogP contribution in [-0.4, -0.2) is 14.4 Å². The summed E-state index contributed by atoms with van der Waals surface area (Å²) in [6.45, 7) is 3.16. The van der Waals surface area contributed by atoms with E-state index in [4.69, 9.17) is 0 Å². The van der Waals surface area contributed by atoms with Crippen molar-refractivity contribution in [2.45, 2.75) is 20.0 Å². The molecular weight excluding hydrogens is 264 g/mol. The highest BCUT2D eigenvalue weighted by molar-refractivity contribution is 5.37. The molecule has 0 spiro atoms. The Bertz CT molecular complexity index is 826. The predicted octanol–water partition coefficient (Wildman–Crippen LogP) is 1.69. The Morgan fingerprint density at radius 2 is 1.90 bits per heavy atom. The molecule has 3 aromatic rings. The van der Waals surface area contributed by atoms with Crippen molar-refractivity contribution >= 4 is 5.65 Å². The van der Waals surface area contributed by atoms with E-state index in [2.05, 4.69) is 15.3 Å². The number of aromatic nitrogens is 3. The number of rotatable bonds is 4. The summed E-state index contributed by atoms with van der Waals surface area (Å²) < 4.78 is 1.53. The molecule has 0 saturated heterocycles. The smallest absolute Gasteiger partial charge is 0.258 e. The number of nitrogens with one attached hydrogen (secondary N) is 1. The first-order valence-corrected chi connectivity index (χ1v) is 6.83. The van der Waals surface area contributed by atoms with Crippen molar-refractivity contribution in [3.8, 4) is 0 Å². The Balaban J connectivity index is 1.72. The predicted molar refractivity (Wildman–Crippen MR) is 81.0 cm³/mol. The van der Waals surface area contributed by atoms with Gasteiger partial charge in [-0.05, 0) is 31.2 Å². The second kappa shape index (κ2) is 5.85. The van der Waals surface area contributed by atoms with Crippen LogP contribution in [0.5, 0.6) is 0 Å². The summed E-state index contributed by atoms with van der Waals surface area (Å²) in [5, 5.41) is 3.26. The van der Waals surface area contributed by atoms with Gasteiger partial charge in [0.1, 0.15) is 5.65 Å². The van der Waals surface area contributed by atoms with Gasteiger partial charge < -0.3 is 5.32 Å². The molecule has 0 aliphatic heterocycles. The summed E-state index contributed by atoms with van der Waals surface area (Å²) in [4.78, 5) is 20.8. The van der Waals surface area contributed by atoms with Gasteiger partial charge in [-0.15, -0.1) is 0 Å². The zero-order valence-corrected chi connectivity index (χ0v) is 11.8. The molecule has 0 aliphatic rings. The van der Waals surface area contributed by atoms with Crippen LogP contribution in [0.15, 0.2) is 53.5 Å². The van der Waals surface area contributed by atoms with Gasteiger partial charge in [0.2, 0.25) is 0 Å². The van der Waals surface area contributed by atoms with Crippen LogP contribution in [0.4, 0.5) is 0 Å². The summed E-state index contributed by atoms with van der Waals surface area (Å²) in [7, 11) is 0. The molecule has 0 fully saturated rings. The van der Waals surface area contributed by atoms with Crippen LogP contribution in [0, 0.1) is 6.92 Å². The molecule has 0 saturated carbocycles. The minimum Gasteiger partial charge on any atom is -0.305 e. The zero-order chi connectivity index (χ0) is 14.7. The van der Waals surface area contributed by atoms with E-state index >= 15 is 0 Å². The number of pyridine rings is 2. The van der Waals surface area contributed by atoms with Crippen molar-refractivity contribution in [3.05, 3.63) is 76.1 Å². The molecule has 1 N–H and O–H groups in total. The van der Waals surface area contributed by atoms with Crippen molar-refractivity contribution < 1.29 is 0 Å². The van der Waals surface area contributed by atoms with Gasteiger partial charge in [-0.2, -0.15) is 0 Å². The molecule has 3 rings (SSSR count). The molecule has 106 valence electrons. The molecule has 3 heterocycles. The number of hydrogen-bond donors (Lipinski definition) is 1. The molecule has 0 aromatic carbocycles. The monoisotopic (exact) mass is 280 g/mol. The second-order valence-electron chi connectivity index (χ2n) is 4.89. The van der Waals surface area contributed by atoms with Crippen molar-refractivity contribution in [1.82, 2.24) is 19.7 Å². The fourth-order valence-corrected chi connectivity index (χ4v) is 2.21. The molecule has 0 amide bonds. The lowest BCUT2D eigenvalue weighted by molar-refractivity contribution is 0.664. The van der Waals surface area contributed by atoms with Crippen molar-refractivity contribution in [3.63, 3.8) is 0 Å². The second-order valence-corrected chi connectivity index (χ2v) is 4.89. The van der Waals surface area contributed by atoms with Crippen molar-refractivity contribution in [1.29, 1.82) is 0 Å². The number of hydrogen-bond acceptors (Lipinski definition) is 4. The fourth-order valence-electron chi connectivity index (χ4n) is 2.21. The number of aryl methyl sites for hydroxylation is 1. The average molecular weight is 280 g/mol. The van der Waals surface area contributed by atoms with Gasteiger partial charge in [0.05, 0.1) is 11.4 Å². The van der Waals surface area contributed by atoms with Crippen LogP contribution >= 0.6 is 0 Å². The maximum absolute atomic E-state index is 12.0. The van der Waals surface area contributed by atoms with E-state index in [0.29, 0.717) is 18.7 Å². The van der Waals surface area contributed by atoms with Crippen LogP contribution in [0.25, 0.3) is 5.65 Å². The van der Waals surface area contributed by atoms with E-state index < -0.39 is 0 Å². The Labute approximate surface area is 122 Å². The minimum absolute atomic E-state index is 0.0638. The highest BCUT2D eigenvalue weighted by Crippen LogP contribution is 2.00. The van der Waals surface area contributed by atoms with Crippen LogP contribution < -0.4 is 10.9 Å². The maximum atomic E-state index is 12.0. The lowest BCUT2D eigenvalue weighted by Gasteiger charge is -2.06. The Kier molecular flexibility index (Phi) is 3.75. The van der Waals surface area contributed by atoms with Gasteiger partial charge in [-0.25, -0.2) is 4.98 Å². The molecular formula is C16H16N4O. The first-order chi connectivity index (χ1) is 10.2. The highest BCUT2D eigenvalue weighted by atomic mass is 16.1. The molecule has 0 unspecified atom stereocenters. The summed E-state index contributed by atoms with van der Waals surface area (Å²) in [5.41, 5.74) is 3.31. The average Bonchev–Trinajstić information content (AvgIpc) is 2.47. The molecule has 3 aromatic heterocycles. The maximum Gasteiger partial charge on any atom is 0.258 e. The standard InChI is InChI=1S/C16H16N4O/c1-12-5-4-6-13(18-12)10-17-11-14-9-16(21)20-8-3-2-7-15(20)19-14/h2-9,17H,10-11H2,1H3. The molecule has 21 heavy (non-hydrogen) atoms. The summed E-state index contributed by atoms with van der Waals surface area (Å²) in [5.74, 6) is 0. The van der Waals surface area contributed by atoms with Crippen LogP contribution in [0.2, 0.25) is 0 Å². The summed E-state index contributed by atoms with van der Waals surface area (Å²) in [6, 6.07) is 13.0. The Hall–Kier alpha value is -2.53. The molecule has 0 atom stereocenters. The fraction of sp³-hybridized carbons (Fsp3) is 0.188. The third-order valence-corrected chi connectivity index (χ3v) is 3.18. The Morgan fingerprint density at radius 1 is 1.05 bits per heavy atom. The van der Waals surface area contributed by atoms with Gasteiger partial charge in [0, 0.05) is 31.0 Å². The van der Waals surface area contributed by atoms with Gasteiger partial charge in [0.25, 0.3) is 5.56 Å². The molecule has 0 aliphatic carbocycles. The first kappa shape index (κ1) is 13.5. The Morgan fingerprint density at radius 3 is 2.76 bits per heavy atom. The topological polar surface area (TPSA) is 59.3 Å². The minimum atomic E-state index is -0.0638. The van der Waals surface area contributed by atoms with Crippen LogP contribution in [0.3, 0.4) is 0 Å². The molecule has 5 heteroatoms. The molecule has 0 bridgehead atoms. The van der Waals surface area contributed by atoms with E-state index in [1.807, 2.05) is 43.3 Å². The zero-order valence-electron chi connectivity index (χ0n) is 11.8. The molecule has 0 radical (unpaired) electrons. The molecule has 5 nitrogen and oxygen atoms in total. The third-order valence-electron chi connectivity index (χ3n) is 3.18. The van der Waals surface area contributed by atoms with E-state index in [-0.39, 0.29) is 5.56 Å². The normalized spacial score (nSPS) is 10.9. The van der Waals surface area contributed by atoms with Crippen LogP contribution in [0.1, 0.15) is 17.1 Å². The lowest BCUT2D eigenvalue weighted by Crippen LogP contribution is -2.20. The van der Waals surface area contributed by atoms with E-state index in [0.717, 1.165) is 17.1 Å². The third kappa shape index (κ3) is 3.14. The van der Waals surface area contributed by atoms with Gasteiger partial charge in [0.15, 0.2) is 0 Å². The van der Waals surface area contributed by atoms with Gasteiger partial charge in [-0.1, -0.05) is 12.1 Å². The van der Waals surface area contributed by atoms with Crippen LogP contribution in [-0.2, 0) is 13.1 Å². The SMILES string of the molecule is Cc1cccc(CNCc2cc(=O)n3ccccc3n2)n1. The van der Waals surface area contributed by atoms with E-state index in [1.165, 1.54) is 4.40 Å². The number of nitrogens with zero attached hydrogens (tertiary/aromatic N) is 3. The number of fused-ring (bicyclic) bond motifs is 1. The van der Waals surface area contributed by atoms with Gasteiger partial charge in [-0.3, -0.25) is 14.2 Å². The first-order valence-electron chi connectivity index (χ1n) is 6.83. The van der Waals surface area contributed by atoms with Crippen molar-refractivity contribution in [2.24, 2.45) is 0 Å². The lowest BCUT2D eigenvalue weighted by atomic mass is 10.3. The van der Waals surface area contributed by atoms with E-state index in [1.54, 1.807) is 12.3 Å². The highest BCUT2D eigenvalue weighted by Gasteiger charge is 2.02. The summed E-state index contributed by atoms with van der Waals surface area (Å²) >= 11 is 0. The largest absolute Gasteiger partial charge is 0.305 e. The van der Waals surface area contributed by atoms with Crippen molar-refractivity contribution in [2.75, 3.05) is 0 Å². The van der Waals surface area contributed by atoms with Gasteiger partial charge >= 0.3 is 0 Å².